The molecule has 1 amide bonds. The van der Waals surface area contributed by atoms with Gasteiger partial charge in [-0.05, 0) is 0 Å². The summed E-state index contributed by atoms with van der Waals surface area (Å²) in [4.78, 5) is 10.1. The third-order valence-electron chi connectivity index (χ3n) is 0.452. The summed E-state index contributed by atoms with van der Waals surface area (Å²) in [7, 11) is 0. The zero-order valence-electron chi connectivity index (χ0n) is 4.88. The molecule has 0 saturated carbocycles. The molecule has 0 aromatic rings. The largest absolute Gasteiger partial charge is 0.304 e. The van der Waals surface area contributed by atoms with Crippen LogP contribution in [0.2, 0.25) is 0 Å². The van der Waals surface area contributed by atoms with Crippen LogP contribution >= 0.6 is 0 Å². The first-order valence-corrected chi connectivity index (χ1v) is 2.14. The molecule has 0 aromatic heterocycles. The van der Waals surface area contributed by atoms with E-state index in [-0.39, 0.29) is 11.9 Å². The van der Waals surface area contributed by atoms with Gasteiger partial charge in [0.05, 0.1) is 0 Å². The number of nitrogens with two attached hydrogens (primary N) is 1. The zero-order chi connectivity index (χ0) is 7.28. The van der Waals surface area contributed by atoms with Gasteiger partial charge in [0.25, 0.3) is 0 Å². The Bertz CT molecular complexity index is 150. The standard InChI is InChI=1S/C3H7N5O/c1-2(9)6-3(4)7-8-5/h1H3,(H4,4,5,6,7,9). The van der Waals surface area contributed by atoms with E-state index < -0.39 is 0 Å². The first kappa shape index (κ1) is 7.54. The number of amides is 1. The van der Waals surface area contributed by atoms with Crippen LogP contribution < -0.4 is 11.2 Å². The maximum atomic E-state index is 10.1. The summed E-state index contributed by atoms with van der Waals surface area (Å²) in [5, 5.41) is 14.6. The van der Waals surface area contributed by atoms with Crippen LogP contribution in [0.4, 0.5) is 0 Å². The molecule has 0 unspecified atom stereocenters. The second-order valence-electron chi connectivity index (χ2n) is 1.25. The van der Waals surface area contributed by atoms with Crippen LogP contribution in [0.3, 0.4) is 0 Å². The summed E-state index contributed by atoms with van der Waals surface area (Å²) in [6.45, 7) is 1.26. The Kier molecular flexibility index (Phi) is 2.96. The van der Waals surface area contributed by atoms with E-state index in [2.05, 4.69) is 16.2 Å². The minimum absolute atomic E-state index is 0.356. The molecular weight excluding hydrogens is 122 g/mol. The van der Waals surface area contributed by atoms with E-state index in [0.29, 0.717) is 0 Å². The number of carbonyl (C=O) groups is 1. The van der Waals surface area contributed by atoms with Crippen molar-refractivity contribution in [2.75, 3.05) is 0 Å². The van der Waals surface area contributed by atoms with Crippen molar-refractivity contribution < 1.29 is 4.79 Å². The molecular formula is C3H7N5O. The number of hydrogen-bond acceptors (Lipinski definition) is 3. The summed E-state index contributed by atoms with van der Waals surface area (Å²) in [6, 6.07) is 0. The van der Waals surface area contributed by atoms with Crippen LogP contribution in [0.15, 0.2) is 10.3 Å². The first-order valence-electron chi connectivity index (χ1n) is 2.14. The van der Waals surface area contributed by atoms with Gasteiger partial charge in [-0.25, -0.2) is 0 Å². The second kappa shape index (κ2) is 3.53. The average molecular weight is 129 g/mol. The maximum Gasteiger partial charge on any atom is 0.243 e. The molecule has 0 spiro atoms. The van der Waals surface area contributed by atoms with Crippen LogP contribution in [-0.2, 0) is 4.79 Å². The van der Waals surface area contributed by atoms with Gasteiger partial charge in [0, 0.05) is 6.92 Å². The Morgan fingerprint density at radius 2 is 2.33 bits per heavy atom. The second-order valence-corrected chi connectivity index (χ2v) is 1.25. The van der Waals surface area contributed by atoms with Crippen molar-refractivity contribution in [3.8, 4) is 0 Å². The number of guanidine groups is 1. The van der Waals surface area contributed by atoms with Gasteiger partial charge in [0.2, 0.25) is 11.9 Å². The monoisotopic (exact) mass is 129 g/mol. The van der Waals surface area contributed by atoms with E-state index in [4.69, 9.17) is 5.41 Å². The molecule has 0 atom stereocenters. The highest BCUT2D eigenvalue weighted by atomic mass is 16.1. The summed E-state index contributed by atoms with van der Waals surface area (Å²) in [5.41, 5.74) is 0. The normalized spacial score (nSPS) is 9.44. The first-order chi connectivity index (χ1) is 4.16. The van der Waals surface area contributed by atoms with E-state index in [9.17, 15) is 4.79 Å². The lowest BCUT2D eigenvalue weighted by Gasteiger charge is -1.92. The third-order valence-corrected chi connectivity index (χ3v) is 0.452. The smallest absolute Gasteiger partial charge is 0.243 e. The molecule has 0 fully saturated rings. The minimum Gasteiger partial charge on any atom is -0.304 e. The molecule has 6 heteroatoms. The summed E-state index contributed by atoms with van der Waals surface area (Å²) in [5.74, 6) is 3.85. The molecule has 0 heterocycles. The Hall–Kier alpha value is -1.46. The Morgan fingerprint density at radius 3 is 2.67 bits per heavy atom. The number of nitrogens with one attached hydrogen (secondary N) is 2. The van der Waals surface area contributed by atoms with E-state index in [1.807, 2.05) is 5.32 Å². The van der Waals surface area contributed by atoms with E-state index in [1.165, 1.54) is 6.92 Å². The predicted octanol–water partition coefficient (Wildman–Crippen LogP) is -0.617. The molecule has 0 bridgehead atoms. The van der Waals surface area contributed by atoms with Gasteiger partial charge < -0.3 is 5.84 Å². The maximum absolute atomic E-state index is 10.1. The molecule has 0 aliphatic carbocycles. The average Bonchev–Trinajstić information content (AvgIpc) is 1.63. The van der Waals surface area contributed by atoms with Gasteiger partial charge in [0.15, 0.2) is 0 Å². The SMILES string of the molecule is CC(=O)NC(=N)N=NN. The summed E-state index contributed by atoms with van der Waals surface area (Å²) in [6.07, 6.45) is 0. The van der Waals surface area contributed by atoms with Gasteiger partial charge in [-0.2, -0.15) is 0 Å². The molecule has 0 radical (unpaired) electrons. The van der Waals surface area contributed by atoms with Crippen molar-refractivity contribution in [3.63, 3.8) is 0 Å². The molecule has 50 valence electrons. The number of carbonyl (C=O) groups excluding carboxylic acids is 1. The van der Waals surface area contributed by atoms with Crippen LogP contribution in [-0.4, -0.2) is 11.9 Å². The predicted molar refractivity (Wildman–Crippen MR) is 30.6 cm³/mol. The molecule has 9 heavy (non-hydrogen) atoms. The van der Waals surface area contributed by atoms with Crippen molar-refractivity contribution in [2.45, 2.75) is 6.92 Å². The highest BCUT2D eigenvalue weighted by molar-refractivity contribution is 5.94. The molecule has 4 N–H and O–H groups in total. The van der Waals surface area contributed by atoms with E-state index in [1.54, 1.807) is 0 Å². The van der Waals surface area contributed by atoms with Crippen LogP contribution in [0.25, 0.3) is 0 Å². The number of nitrogens with zero attached hydrogens (tertiary/aromatic N) is 2. The van der Waals surface area contributed by atoms with Gasteiger partial charge in [0.1, 0.15) is 0 Å². The van der Waals surface area contributed by atoms with Gasteiger partial charge in [-0.15, -0.1) is 0 Å². The lowest BCUT2D eigenvalue weighted by molar-refractivity contribution is -0.117. The van der Waals surface area contributed by atoms with Gasteiger partial charge in [-0.3, -0.25) is 15.5 Å². The number of hydrogen-bond donors (Lipinski definition) is 3. The minimum atomic E-state index is -0.368. The summed E-state index contributed by atoms with van der Waals surface area (Å²) < 4.78 is 0. The highest BCUT2D eigenvalue weighted by Gasteiger charge is 1.93. The molecule has 6 nitrogen and oxygen atoms in total. The lowest BCUT2D eigenvalue weighted by atomic mass is 10.7. The van der Waals surface area contributed by atoms with E-state index in [0.717, 1.165) is 0 Å². The van der Waals surface area contributed by atoms with Gasteiger partial charge >= 0.3 is 0 Å². The molecule has 0 saturated heterocycles. The Labute approximate surface area is 51.6 Å². The highest BCUT2D eigenvalue weighted by Crippen LogP contribution is 1.69. The number of rotatable bonds is 0. The topological polar surface area (TPSA) is 104 Å². The fourth-order valence-corrected chi connectivity index (χ4v) is 0.249. The van der Waals surface area contributed by atoms with Crippen molar-refractivity contribution in [3.05, 3.63) is 0 Å². The van der Waals surface area contributed by atoms with E-state index >= 15 is 0 Å². The van der Waals surface area contributed by atoms with Crippen LogP contribution in [0.5, 0.6) is 0 Å². The molecule has 0 rings (SSSR count). The fourth-order valence-electron chi connectivity index (χ4n) is 0.249. The molecule has 0 aliphatic heterocycles. The third kappa shape index (κ3) is 4.39. The summed E-state index contributed by atoms with van der Waals surface area (Å²) >= 11 is 0. The quantitative estimate of drug-likeness (QED) is 0.133. The Morgan fingerprint density at radius 1 is 1.78 bits per heavy atom. The Balaban J connectivity index is 3.64. The fraction of sp³-hybridized carbons (Fsp3) is 0.333. The molecule has 0 aromatic carbocycles. The zero-order valence-corrected chi connectivity index (χ0v) is 4.88. The molecule has 0 aliphatic rings. The van der Waals surface area contributed by atoms with Crippen LogP contribution in [0, 0.1) is 5.41 Å². The van der Waals surface area contributed by atoms with Gasteiger partial charge in [-0.1, -0.05) is 10.3 Å². The lowest BCUT2D eigenvalue weighted by Crippen LogP contribution is -2.25. The van der Waals surface area contributed by atoms with Crippen molar-refractivity contribution in [2.24, 2.45) is 16.2 Å². The van der Waals surface area contributed by atoms with Crippen molar-refractivity contribution in [1.82, 2.24) is 5.32 Å². The van der Waals surface area contributed by atoms with Crippen LogP contribution in [0.1, 0.15) is 6.92 Å². The van der Waals surface area contributed by atoms with Crippen molar-refractivity contribution >= 4 is 11.9 Å². The van der Waals surface area contributed by atoms with Crippen molar-refractivity contribution in [1.29, 1.82) is 5.41 Å².